The summed E-state index contributed by atoms with van der Waals surface area (Å²) in [4.78, 5) is 13.5. The van der Waals surface area contributed by atoms with E-state index in [9.17, 15) is 4.79 Å². The third kappa shape index (κ3) is 2.43. The number of ether oxygens (including phenoxy) is 1. The van der Waals surface area contributed by atoms with E-state index >= 15 is 0 Å². The minimum atomic E-state index is -0.243. The first-order valence-corrected chi connectivity index (χ1v) is 5.79. The molecular weight excluding hydrogens is 192 g/mol. The molecule has 1 spiro atoms. The normalized spacial score (nSPS) is 25.7. The molecule has 0 radical (unpaired) electrons. The molecule has 0 aromatic heterocycles. The van der Waals surface area contributed by atoms with Crippen LogP contribution in [-0.4, -0.2) is 42.8 Å². The number of alkyl carbamates (subject to hydrolysis) is 1. The lowest BCUT2D eigenvalue weighted by Gasteiger charge is -2.37. The Bertz CT molecular complexity index is 245. The second kappa shape index (κ2) is 4.00. The summed E-state index contributed by atoms with van der Waals surface area (Å²) in [6.07, 6.45) is 1.70. The number of hydrogen-bond donors (Lipinski definition) is 1. The van der Waals surface area contributed by atoms with Gasteiger partial charge in [-0.15, -0.1) is 0 Å². The predicted molar refractivity (Wildman–Crippen MR) is 57.7 cm³/mol. The van der Waals surface area contributed by atoms with E-state index in [4.69, 9.17) is 4.74 Å². The monoisotopic (exact) mass is 212 g/mol. The van der Waals surface area contributed by atoms with Gasteiger partial charge in [0, 0.05) is 32.5 Å². The number of carbonyl (C=O) groups excluding carboxylic acids is 1. The van der Waals surface area contributed by atoms with Gasteiger partial charge in [-0.05, 0) is 5.92 Å². The molecule has 2 heterocycles. The lowest BCUT2D eigenvalue weighted by Crippen LogP contribution is -2.47. The van der Waals surface area contributed by atoms with Crippen LogP contribution in [0.4, 0.5) is 4.79 Å². The summed E-state index contributed by atoms with van der Waals surface area (Å²) >= 11 is 0. The smallest absolute Gasteiger partial charge is 0.407 e. The molecular formula is C11H20N2O2. The van der Waals surface area contributed by atoms with E-state index in [0.717, 1.165) is 32.5 Å². The van der Waals surface area contributed by atoms with E-state index in [1.54, 1.807) is 0 Å². The van der Waals surface area contributed by atoms with Crippen LogP contribution in [0.15, 0.2) is 0 Å². The standard InChI is InChI=1S/C11H20N2O2/c1-9(2)7-13-5-3-11(4-6-13)8-12-10(14)15-11/h9H,3-8H2,1-2H3,(H,12,14). The number of nitrogens with zero attached hydrogens (tertiary/aromatic N) is 1. The van der Waals surface area contributed by atoms with E-state index in [1.807, 2.05) is 0 Å². The minimum absolute atomic E-state index is 0.190. The van der Waals surface area contributed by atoms with E-state index in [0.29, 0.717) is 12.5 Å². The average Bonchev–Trinajstić information content (AvgIpc) is 2.52. The highest BCUT2D eigenvalue weighted by molar-refractivity contribution is 5.70. The van der Waals surface area contributed by atoms with Crippen molar-refractivity contribution < 1.29 is 9.53 Å². The van der Waals surface area contributed by atoms with Gasteiger partial charge in [0.2, 0.25) is 0 Å². The van der Waals surface area contributed by atoms with Crippen LogP contribution in [-0.2, 0) is 4.74 Å². The molecule has 1 amide bonds. The highest BCUT2D eigenvalue weighted by Gasteiger charge is 2.42. The van der Waals surface area contributed by atoms with Crippen molar-refractivity contribution in [2.24, 2.45) is 5.92 Å². The molecule has 0 unspecified atom stereocenters. The summed E-state index contributed by atoms with van der Waals surface area (Å²) in [5.41, 5.74) is -0.190. The molecule has 0 atom stereocenters. The van der Waals surface area contributed by atoms with Gasteiger partial charge in [-0.1, -0.05) is 13.8 Å². The molecule has 0 saturated carbocycles. The van der Waals surface area contributed by atoms with Gasteiger partial charge in [-0.3, -0.25) is 0 Å². The molecule has 0 aromatic carbocycles. The van der Waals surface area contributed by atoms with Crippen LogP contribution < -0.4 is 5.32 Å². The van der Waals surface area contributed by atoms with E-state index in [-0.39, 0.29) is 11.7 Å². The van der Waals surface area contributed by atoms with Crippen LogP contribution in [0.3, 0.4) is 0 Å². The van der Waals surface area contributed by atoms with Crippen molar-refractivity contribution >= 4 is 6.09 Å². The summed E-state index contributed by atoms with van der Waals surface area (Å²) in [5, 5.41) is 2.76. The van der Waals surface area contributed by atoms with Gasteiger partial charge in [0.15, 0.2) is 0 Å². The summed E-state index contributed by atoms with van der Waals surface area (Å²) in [5.74, 6) is 0.711. The zero-order chi connectivity index (χ0) is 10.9. The first kappa shape index (κ1) is 10.7. The zero-order valence-electron chi connectivity index (χ0n) is 9.58. The first-order valence-electron chi connectivity index (χ1n) is 5.79. The van der Waals surface area contributed by atoms with Gasteiger partial charge in [0.25, 0.3) is 0 Å². The Labute approximate surface area is 91.0 Å². The predicted octanol–water partition coefficient (Wildman–Crippen LogP) is 1.22. The van der Waals surface area contributed by atoms with Crippen molar-refractivity contribution in [3.05, 3.63) is 0 Å². The quantitative estimate of drug-likeness (QED) is 0.748. The Morgan fingerprint density at radius 3 is 2.60 bits per heavy atom. The fraction of sp³-hybridized carbons (Fsp3) is 0.909. The first-order chi connectivity index (χ1) is 7.10. The van der Waals surface area contributed by atoms with Crippen LogP contribution in [0, 0.1) is 5.92 Å². The number of rotatable bonds is 2. The van der Waals surface area contributed by atoms with Crippen molar-refractivity contribution in [2.75, 3.05) is 26.2 Å². The molecule has 0 aliphatic carbocycles. The van der Waals surface area contributed by atoms with Crippen LogP contribution in [0.25, 0.3) is 0 Å². The molecule has 4 nitrogen and oxygen atoms in total. The van der Waals surface area contributed by atoms with Crippen molar-refractivity contribution in [1.82, 2.24) is 10.2 Å². The summed E-state index contributed by atoms with van der Waals surface area (Å²) in [6.45, 7) is 8.42. The number of carbonyl (C=O) groups is 1. The van der Waals surface area contributed by atoms with Crippen LogP contribution in [0.1, 0.15) is 26.7 Å². The van der Waals surface area contributed by atoms with Crippen molar-refractivity contribution in [2.45, 2.75) is 32.3 Å². The molecule has 2 rings (SSSR count). The molecule has 86 valence electrons. The molecule has 0 bridgehead atoms. The maximum absolute atomic E-state index is 11.0. The lowest BCUT2D eigenvalue weighted by molar-refractivity contribution is -0.00144. The number of likely N-dealkylation sites (tertiary alicyclic amines) is 1. The number of hydrogen-bond acceptors (Lipinski definition) is 3. The summed E-state index contributed by atoms with van der Waals surface area (Å²) in [7, 11) is 0. The zero-order valence-corrected chi connectivity index (χ0v) is 9.58. The van der Waals surface area contributed by atoms with Gasteiger partial charge in [-0.25, -0.2) is 4.79 Å². The van der Waals surface area contributed by atoms with E-state index < -0.39 is 0 Å². The Morgan fingerprint density at radius 1 is 1.47 bits per heavy atom. The number of nitrogens with one attached hydrogen (secondary N) is 1. The number of piperidine rings is 1. The minimum Gasteiger partial charge on any atom is -0.441 e. The van der Waals surface area contributed by atoms with Gasteiger partial charge in [0.05, 0.1) is 6.54 Å². The van der Waals surface area contributed by atoms with Crippen molar-refractivity contribution in [1.29, 1.82) is 0 Å². The number of amides is 1. The van der Waals surface area contributed by atoms with Gasteiger partial charge < -0.3 is 15.0 Å². The third-order valence-electron chi connectivity index (χ3n) is 3.25. The van der Waals surface area contributed by atoms with Crippen LogP contribution in [0.5, 0.6) is 0 Å². The molecule has 0 aromatic rings. The second-order valence-corrected chi connectivity index (χ2v) is 5.12. The fourth-order valence-electron chi connectivity index (χ4n) is 2.44. The third-order valence-corrected chi connectivity index (χ3v) is 3.25. The molecule has 4 heteroatoms. The molecule has 15 heavy (non-hydrogen) atoms. The Kier molecular flexibility index (Phi) is 2.87. The fourth-order valence-corrected chi connectivity index (χ4v) is 2.44. The van der Waals surface area contributed by atoms with E-state index in [2.05, 4.69) is 24.1 Å². The maximum Gasteiger partial charge on any atom is 0.407 e. The lowest BCUT2D eigenvalue weighted by atomic mass is 9.91. The van der Waals surface area contributed by atoms with Crippen LogP contribution in [0.2, 0.25) is 0 Å². The highest BCUT2D eigenvalue weighted by Crippen LogP contribution is 2.29. The largest absolute Gasteiger partial charge is 0.441 e. The summed E-state index contributed by atoms with van der Waals surface area (Å²) < 4.78 is 5.37. The van der Waals surface area contributed by atoms with Gasteiger partial charge >= 0.3 is 6.09 Å². The topological polar surface area (TPSA) is 41.6 Å². The molecule has 2 saturated heterocycles. The Morgan fingerprint density at radius 2 is 2.13 bits per heavy atom. The maximum atomic E-state index is 11.0. The molecule has 2 aliphatic rings. The van der Waals surface area contributed by atoms with E-state index in [1.165, 1.54) is 0 Å². The Hall–Kier alpha value is -0.770. The average molecular weight is 212 g/mol. The second-order valence-electron chi connectivity index (χ2n) is 5.12. The van der Waals surface area contributed by atoms with Gasteiger partial charge in [-0.2, -0.15) is 0 Å². The van der Waals surface area contributed by atoms with Crippen molar-refractivity contribution in [3.63, 3.8) is 0 Å². The van der Waals surface area contributed by atoms with Crippen molar-refractivity contribution in [3.8, 4) is 0 Å². The highest BCUT2D eigenvalue weighted by atomic mass is 16.6. The molecule has 2 fully saturated rings. The summed E-state index contributed by atoms with van der Waals surface area (Å²) in [6, 6.07) is 0. The van der Waals surface area contributed by atoms with Crippen LogP contribution >= 0.6 is 0 Å². The molecule has 1 N–H and O–H groups in total. The SMILES string of the molecule is CC(C)CN1CCC2(CC1)CNC(=O)O2. The molecule has 2 aliphatic heterocycles. The van der Waals surface area contributed by atoms with Gasteiger partial charge in [0.1, 0.15) is 5.60 Å². The Balaban J connectivity index is 1.84.